The normalized spacial score (nSPS) is 13.2. The Bertz CT molecular complexity index is 841. The van der Waals surface area contributed by atoms with Gasteiger partial charge >= 0.3 is 0 Å². The number of ketones is 1. The van der Waals surface area contributed by atoms with Crippen LogP contribution in [0.25, 0.3) is 0 Å². The second-order valence-corrected chi connectivity index (χ2v) is 6.04. The van der Waals surface area contributed by atoms with E-state index in [4.69, 9.17) is 10.5 Å². The molecule has 0 radical (unpaired) electrons. The minimum atomic E-state index is -0.534. The minimum Gasteiger partial charge on any atom is -0.497 e. The lowest BCUT2D eigenvalue weighted by molar-refractivity contribution is -0.132. The Morgan fingerprint density at radius 3 is 2.54 bits per heavy atom. The van der Waals surface area contributed by atoms with Gasteiger partial charge in [0.15, 0.2) is 5.78 Å². The number of ether oxygens (including phenoxy) is 1. The Hall–Kier alpha value is -3.16. The van der Waals surface area contributed by atoms with Crippen LogP contribution in [0.15, 0.2) is 30.5 Å². The Morgan fingerprint density at radius 1 is 1.15 bits per heavy atom. The first kappa shape index (κ1) is 17.7. The van der Waals surface area contributed by atoms with Crippen LogP contribution in [0, 0.1) is 0 Å². The van der Waals surface area contributed by atoms with E-state index in [0.29, 0.717) is 42.5 Å². The van der Waals surface area contributed by atoms with Gasteiger partial charge in [-0.2, -0.15) is 0 Å². The Balaban J connectivity index is 1.56. The molecule has 3 rings (SSSR count). The number of nitrogens with two attached hydrogens (primary N) is 1. The SMILES string of the molecule is COc1ccc(C(=O)CCC(=O)N2CCn3c(C(N)=O)cnc3C2)cc1. The largest absolute Gasteiger partial charge is 0.497 e. The molecule has 1 aliphatic heterocycles. The van der Waals surface area contributed by atoms with Crippen molar-refractivity contribution in [2.75, 3.05) is 13.7 Å². The molecular formula is C18H20N4O4. The van der Waals surface area contributed by atoms with Crippen molar-refractivity contribution < 1.29 is 19.1 Å². The average molecular weight is 356 g/mol. The lowest BCUT2D eigenvalue weighted by Crippen LogP contribution is -2.39. The lowest BCUT2D eigenvalue weighted by atomic mass is 10.1. The third kappa shape index (κ3) is 3.58. The summed E-state index contributed by atoms with van der Waals surface area (Å²) in [6, 6.07) is 6.81. The highest BCUT2D eigenvalue weighted by molar-refractivity contribution is 5.98. The molecule has 0 unspecified atom stereocenters. The van der Waals surface area contributed by atoms with Gasteiger partial charge in [0.25, 0.3) is 5.91 Å². The van der Waals surface area contributed by atoms with E-state index in [1.54, 1.807) is 40.8 Å². The van der Waals surface area contributed by atoms with E-state index in [9.17, 15) is 14.4 Å². The van der Waals surface area contributed by atoms with Crippen LogP contribution in [-0.2, 0) is 17.9 Å². The number of hydrogen-bond acceptors (Lipinski definition) is 5. The molecule has 0 bridgehead atoms. The van der Waals surface area contributed by atoms with Gasteiger partial charge in [-0.15, -0.1) is 0 Å². The van der Waals surface area contributed by atoms with Crippen LogP contribution < -0.4 is 10.5 Å². The summed E-state index contributed by atoms with van der Waals surface area (Å²) < 4.78 is 6.79. The number of Topliss-reactive ketones (excluding diaryl/α,β-unsaturated/α-hetero) is 1. The molecule has 0 aliphatic carbocycles. The second-order valence-electron chi connectivity index (χ2n) is 6.04. The van der Waals surface area contributed by atoms with Gasteiger partial charge in [-0.3, -0.25) is 14.4 Å². The van der Waals surface area contributed by atoms with Crippen LogP contribution in [0.4, 0.5) is 0 Å². The van der Waals surface area contributed by atoms with E-state index in [2.05, 4.69) is 4.98 Å². The van der Waals surface area contributed by atoms with Crippen LogP contribution >= 0.6 is 0 Å². The molecule has 1 aliphatic rings. The number of hydrogen-bond donors (Lipinski definition) is 1. The number of amides is 2. The number of nitrogens with zero attached hydrogens (tertiary/aromatic N) is 3. The third-order valence-corrected chi connectivity index (χ3v) is 4.45. The maximum absolute atomic E-state index is 12.4. The van der Waals surface area contributed by atoms with E-state index in [-0.39, 0.29) is 24.5 Å². The average Bonchev–Trinajstić information content (AvgIpc) is 3.09. The molecule has 0 atom stereocenters. The van der Waals surface area contributed by atoms with Crippen molar-refractivity contribution in [1.82, 2.24) is 14.5 Å². The summed E-state index contributed by atoms with van der Waals surface area (Å²) >= 11 is 0. The standard InChI is InChI=1S/C18H20N4O4/c1-26-13-4-2-12(3-5-13)15(23)6-7-17(24)21-8-9-22-14(18(19)25)10-20-16(22)11-21/h2-5,10H,6-9,11H2,1H3,(H2,19,25). The molecule has 8 heteroatoms. The summed E-state index contributed by atoms with van der Waals surface area (Å²) in [6.45, 7) is 1.23. The van der Waals surface area contributed by atoms with Crippen molar-refractivity contribution in [2.24, 2.45) is 5.73 Å². The number of benzene rings is 1. The topological polar surface area (TPSA) is 108 Å². The molecule has 2 N–H and O–H groups in total. The number of fused-ring (bicyclic) bond motifs is 1. The molecule has 0 spiro atoms. The fourth-order valence-electron chi connectivity index (χ4n) is 2.97. The summed E-state index contributed by atoms with van der Waals surface area (Å²) in [5.74, 6) is 0.572. The molecule has 2 heterocycles. The zero-order valence-electron chi connectivity index (χ0n) is 14.5. The number of methoxy groups -OCH3 is 1. The molecule has 0 saturated carbocycles. The highest BCUT2D eigenvalue weighted by atomic mass is 16.5. The van der Waals surface area contributed by atoms with Gasteiger partial charge in [0, 0.05) is 31.5 Å². The van der Waals surface area contributed by atoms with Crippen LogP contribution in [-0.4, -0.2) is 45.7 Å². The van der Waals surface area contributed by atoms with Crippen molar-refractivity contribution in [2.45, 2.75) is 25.9 Å². The molecule has 8 nitrogen and oxygen atoms in total. The van der Waals surface area contributed by atoms with Gasteiger partial charge in [-0.1, -0.05) is 0 Å². The zero-order valence-corrected chi connectivity index (χ0v) is 14.5. The maximum atomic E-state index is 12.4. The predicted octanol–water partition coefficient (Wildman–Crippen LogP) is 0.996. The lowest BCUT2D eigenvalue weighted by Gasteiger charge is -2.28. The quantitative estimate of drug-likeness (QED) is 0.777. The smallest absolute Gasteiger partial charge is 0.266 e. The van der Waals surface area contributed by atoms with Gasteiger partial charge < -0.3 is 19.9 Å². The number of primary amides is 1. The number of carbonyl (C=O) groups excluding carboxylic acids is 3. The van der Waals surface area contributed by atoms with Gasteiger partial charge in [0.05, 0.1) is 19.9 Å². The molecule has 136 valence electrons. The summed E-state index contributed by atoms with van der Waals surface area (Å²) in [5.41, 5.74) is 6.21. The van der Waals surface area contributed by atoms with Gasteiger partial charge in [-0.25, -0.2) is 4.98 Å². The molecule has 26 heavy (non-hydrogen) atoms. The highest BCUT2D eigenvalue weighted by Crippen LogP contribution is 2.17. The third-order valence-electron chi connectivity index (χ3n) is 4.45. The fourth-order valence-corrected chi connectivity index (χ4v) is 2.97. The zero-order chi connectivity index (χ0) is 18.7. The van der Waals surface area contributed by atoms with Crippen LogP contribution in [0.5, 0.6) is 5.75 Å². The van der Waals surface area contributed by atoms with E-state index in [0.717, 1.165) is 0 Å². The Kier molecular flexibility index (Phi) is 5.01. The van der Waals surface area contributed by atoms with Gasteiger partial charge in [-0.05, 0) is 24.3 Å². The molecule has 0 fully saturated rings. The molecule has 2 amide bonds. The molecule has 1 aromatic carbocycles. The van der Waals surface area contributed by atoms with Crippen molar-refractivity contribution in [3.8, 4) is 5.75 Å². The van der Waals surface area contributed by atoms with E-state index < -0.39 is 5.91 Å². The van der Waals surface area contributed by atoms with Crippen LogP contribution in [0.3, 0.4) is 0 Å². The number of imidazole rings is 1. The van der Waals surface area contributed by atoms with Crippen molar-refractivity contribution >= 4 is 17.6 Å². The van der Waals surface area contributed by atoms with E-state index >= 15 is 0 Å². The maximum Gasteiger partial charge on any atom is 0.266 e. The minimum absolute atomic E-state index is 0.0875. The molecule has 1 aromatic heterocycles. The first-order valence-corrected chi connectivity index (χ1v) is 8.29. The second kappa shape index (κ2) is 7.38. The van der Waals surface area contributed by atoms with Crippen LogP contribution in [0.2, 0.25) is 0 Å². The Labute approximate surface area is 150 Å². The Morgan fingerprint density at radius 2 is 1.88 bits per heavy atom. The summed E-state index contributed by atoms with van der Waals surface area (Å²) in [6.07, 6.45) is 1.70. The highest BCUT2D eigenvalue weighted by Gasteiger charge is 2.25. The molecule has 0 saturated heterocycles. The number of aromatic nitrogens is 2. The summed E-state index contributed by atoms with van der Waals surface area (Å²) in [5, 5.41) is 0. The monoisotopic (exact) mass is 356 g/mol. The van der Waals surface area contributed by atoms with Gasteiger partial charge in [0.2, 0.25) is 5.91 Å². The first-order chi connectivity index (χ1) is 12.5. The van der Waals surface area contributed by atoms with Gasteiger partial charge in [0.1, 0.15) is 17.3 Å². The first-order valence-electron chi connectivity index (χ1n) is 8.29. The van der Waals surface area contributed by atoms with E-state index in [1.807, 2.05) is 0 Å². The van der Waals surface area contributed by atoms with E-state index in [1.165, 1.54) is 6.20 Å². The fraction of sp³-hybridized carbons (Fsp3) is 0.333. The number of carbonyl (C=O) groups is 3. The summed E-state index contributed by atoms with van der Waals surface area (Å²) in [4.78, 5) is 41.8. The van der Waals surface area contributed by atoms with Crippen molar-refractivity contribution in [3.05, 3.63) is 47.5 Å². The van der Waals surface area contributed by atoms with Crippen molar-refractivity contribution in [3.63, 3.8) is 0 Å². The van der Waals surface area contributed by atoms with Crippen molar-refractivity contribution in [1.29, 1.82) is 0 Å². The predicted molar refractivity (Wildman–Crippen MR) is 92.7 cm³/mol. The number of rotatable bonds is 6. The molecule has 2 aromatic rings. The van der Waals surface area contributed by atoms with Crippen LogP contribution in [0.1, 0.15) is 39.5 Å². The summed E-state index contributed by atoms with van der Waals surface area (Å²) in [7, 11) is 1.56. The molecular weight excluding hydrogens is 336 g/mol.